The number of imidazole rings is 1. The van der Waals surface area contributed by atoms with Gasteiger partial charge in [-0.15, -0.1) is 0 Å². The molecule has 20 heavy (non-hydrogen) atoms. The topological polar surface area (TPSA) is 61.3 Å². The molecule has 2 aliphatic carbocycles. The number of hydrogen-bond donors (Lipinski definition) is 2. The van der Waals surface area contributed by atoms with E-state index in [1.54, 1.807) is 11.8 Å². The van der Waals surface area contributed by atoms with Crippen LogP contribution in [0.4, 0.5) is 0 Å². The lowest BCUT2D eigenvalue weighted by Gasteiger charge is -2.20. The highest BCUT2D eigenvalue weighted by molar-refractivity contribution is 8.00. The zero-order chi connectivity index (χ0) is 13.7. The van der Waals surface area contributed by atoms with Gasteiger partial charge in [0.25, 0.3) is 0 Å². The number of thioether (sulfide) groups is 1. The fourth-order valence-corrected chi connectivity index (χ4v) is 4.97. The number of hydrogen-bond acceptors (Lipinski definition) is 4. The minimum atomic E-state index is 0.292. The summed E-state index contributed by atoms with van der Waals surface area (Å²) < 4.78 is 0. The number of benzene rings is 1. The van der Waals surface area contributed by atoms with Gasteiger partial charge in [-0.2, -0.15) is 0 Å². The highest BCUT2D eigenvalue weighted by Gasteiger charge is 2.46. The average Bonchev–Trinajstić information content (AvgIpc) is 3.11. The molecular weight excluding hydrogens is 270 g/mol. The summed E-state index contributed by atoms with van der Waals surface area (Å²) in [5.41, 5.74) is 4.29. The number of H-pyrrole nitrogens is 1. The van der Waals surface area contributed by atoms with Crippen LogP contribution in [0.15, 0.2) is 28.5 Å². The quantitative estimate of drug-likeness (QED) is 0.655. The number of nitrogens with one attached hydrogen (secondary N) is 1. The summed E-state index contributed by atoms with van der Waals surface area (Å²) in [6.07, 6.45) is 3.61. The van der Waals surface area contributed by atoms with E-state index in [2.05, 4.69) is 34.2 Å². The van der Waals surface area contributed by atoms with Crippen LogP contribution < -0.4 is 0 Å². The second kappa shape index (κ2) is 4.52. The maximum Gasteiger partial charge on any atom is 0.167 e. The van der Waals surface area contributed by atoms with Crippen molar-refractivity contribution in [3.05, 3.63) is 23.8 Å². The number of aromatic nitrogens is 2. The van der Waals surface area contributed by atoms with Crippen molar-refractivity contribution >= 4 is 28.5 Å². The lowest BCUT2D eigenvalue weighted by Crippen LogP contribution is -2.25. The van der Waals surface area contributed by atoms with Crippen molar-refractivity contribution in [2.75, 3.05) is 0 Å². The molecule has 2 fully saturated rings. The Morgan fingerprint density at radius 1 is 1.40 bits per heavy atom. The highest BCUT2D eigenvalue weighted by atomic mass is 32.2. The number of nitrogens with zero attached hydrogens (tertiary/aromatic N) is 2. The average molecular weight is 287 g/mol. The summed E-state index contributed by atoms with van der Waals surface area (Å²) >= 11 is 1.72. The van der Waals surface area contributed by atoms with E-state index >= 15 is 0 Å². The Morgan fingerprint density at radius 2 is 2.30 bits per heavy atom. The third-order valence-electron chi connectivity index (χ3n) is 4.58. The van der Waals surface area contributed by atoms with Crippen LogP contribution in [-0.2, 0) is 0 Å². The van der Waals surface area contributed by atoms with Crippen molar-refractivity contribution in [3.63, 3.8) is 0 Å². The van der Waals surface area contributed by atoms with E-state index in [1.807, 2.05) is 6.07 Å². The summed E-state index contributed by atoms with van der Waals surface area (Å²) in [5, 5.41) is 14.1. The lowest BCUT2D eigenvalue weighted by molar-refractivity contribution is 0.314. The Balaban J connectivity index is 1.64. The second-order valence-electron chi connectivity index (χ2n) is 5.90. The standard InChI is InChI=1S/C15H17N3OS/c1-8-2-5-11-12(6-8)17-15(16-11)20-14-10-4-3-9(7-10)13(14)18-19/h2,5-6,9-10,14,19H,3-4,7H2,1H3,(H,16,17). The molecule has 0 spiro atoms. The Labute approximate surface area is 121 Å². The van der Waals surface area contributed by atoms with Crippen LogP contribution in [0, 0.1) is 18.8 Å². The van der Waals surface area contributed by atoms with Crippen LogP contribution in [0.2, 0.25) is 0 Å². The van der Waals surface area contributed by atoms with Crippen LogP contribution in [0.5, 0.6) is 0 Å². The molecule has 0 amide bonds. The number of aryl methyl sites for hydroxylation is 1. The Morgan fingerprint density at radius 3 is 3.15 bits per heavy atom. The molecule has 2 bridgehead atoms. The van der Waals surface area contributed by atoms with Gasteiger partial charge in [-0.1, -0.05) is 23.0 Å². The summed E-state index contributed by atoms with van der Waals surface area (Å²) in [6, 6.07) is 6.25. The molecule has 4 nitrogen and oxygen atoms in total. The van der Waals surface area contributed by atoms with Crippen molar-refractivity contribution in [1.82, 2.24) is 9.97 Å². The molecule has 4 rings (SSSR count). The molecule has 2 N–H and O–H groups in total. The van der Waals surface area contributed by atoms with Crippen LogP contribution in [0.3, 0.4) is 0 Å². The van der Waals surface area contributed by atoms with Gasteiger partial charge < -0.3 is 10.2 Å². The van der Waals surface area contributed by atoms with Crippen LogP contribution in [0.1, 0.15) is 24.8 Å². The van der Waals surface area contributed by atoms with E-state index in [-0.39, 0.29) is 0 Å². The summed E-state index contributed by atoms with van der Waals surface area (Å²) in [5.74, 6) is 1.14. The van der Waals surface area contributed by atoms with Gasteiger partial charge in [-0.05, 0) is 49.8 Å². The van der Waals surface area contributed by atoms with E-state index in [1.165, 1.54) is 24.8 Å². The van der Waals surface area contributed by atoms with Gasteiger partial charge in [0.15, 0.2) is 5.16 Å². The molecule has 2 aliphatic rings. The number of aromatic amines is 1. The molecule has 0 radical (unpaired) electrons. The second-order valence-corrected chi connectivity index (χ2v) is 7.03. The molecule has 2 aromatic rings. The lowest BCUT2D eigenvalue weighted by atomic mass is 9.98. The molecule has 3 unspecified atom stereocenters. The summed E-state index contributed by atoms with van der Waals surface area (Å²) in [4.78, 5) is 8.02. The predicted octanol–water partition coefficient (Wildman–Crippen LogP) is 3.59. The Kier molecular flexibility index (Phi) is 2.77. The molecule has 5 heteroatoms. The SMILES string of the molecule is Cc1ccc2nc(SC3C(=NO)C4CCC3C4)[nH]c2c1. The molecular formula is C15H17N3OS. The first-order chi connectivity index (χ1) is 9.74. The fourth-order valence-electron chi connectivity index (χ4n) is 3.61. The normalized spacial score (nSPS) is 30.6. The van der Waals surface area contributed by atoms with Crippen LogP contribution in [0.25, 0.3) is 11.0 Å². The maximum absolute atomic E-state index is 9.26. The Bertz CT molecular complexity index is 693. The molecule has 1 heterocycles. The van der Waals surface area contributed by atoms with E-state index in [4.69, 9.17) is 0 Å². The van der Waals surface area contributed by atoms with E-state index in [0.717, 1.165) is 21.9 Å². The van der Waals surface area contributed by atoms with Crippen molar-refractivity contribution in [1.29, 1.82) is 0 Å². The maximum atomic E-state index is 9.26. The van der Waals surface area contributed by atoms with Gasteiger partial charge in [0.2, 0.25) is 0 Å². The van der Waals surface area contributed by atoms with Gasteiger partial charge in [0.1, 0.15) is 0 Å². The van der Waals surface area contributed by atoms with Crippen molar-refractivity contribution < 1.29 is 5.21 Å². The van der Waals surface area contributed by atoms with E-state index < -0.39 is 0 Å². The van der Waals surface area contributed by atoms with Gasteiger partial charge in [0, 0.05) is 5.92 Å². The van der Waals surface area contributed by atoms with E-state index in [9.17, 15) is 5.21 Å². The van der Waals surface area contributed by atoms with Gasteiger partial charge in [0.05, 0.1) is 22.0 Å². The van der Waals surface area contributed by atoms with Crippen LogP contribution >= 0.6 is 11.8 Å². The van der Waals surface area contributed by atoms with Crippen molar-refractivity contribution in [2.24, 2.45) is 17.0 Å². The van der Waals surface area contributed by atoms with Gasteiger partial charge in [-0.25, -0.2) is 4.98 Å². The number of oxime groups is 1. The first kappa shape index (κ1) is 12.3. The minimum Gasteiger partial charge on any atom is -0.411 e. The van der Waals surface area contributed by atoms with E-state index in [0.29, 0.717) is 17.1 Å². The summed E-state index contributed by atoms with van der Waals surface area (Å²) in [7, 11) is 0. The van der Waals surface area contributed by atoms with Crippen molar-refractivity contribution in [2.45, 2.75) is 36.6 Å². The zero-order valence-corrected chi connectivity index (χ0v) is 12.2. The molecule has 1 aromatic heterocycles. The first-order valence-corrected chi connectivity index (χ1v) is 7.97. The molecule has 3 atom stereocenters. The Hall–Kier alpha value is -1.49. The highest BCUT2D eigenvalue weighted by Crippen LogP contribution is 2.49. The summed E-state index contributed by atoms with van der Waals surface area (Å²) in [6.45, 7) is 2.08. The molecule has 0 aliphatic heterocycles. The fraction of sp³-hybridized carbons (Fsp3) is 0.467. The minimum absolute atomic E-state index is 0.292. The zero-order valence-electron chi connectivity index (χ0n) is 11.3. The molecule has 2 saturated carbocycles. The third-order valence-corrected chi connectivity index (χ3v) is 5.88. The molecule has 1 aromatic carbocycles. The molecule has 0 saturated heterocycles. The monoisotopic (exact) mass is 287 g/mol. The van der Waals surface area contributed by atoms with Gasteiger partial charge >= 0.3 is 0 Å². The third kappa shape index (κ3) is 1.84. The van der Waals surface area contributed by atoms with Crippen molar-refractivity contribution in [3.8, 4) is 0 Å². The first-order valence-electron chi connectivity index (χ1n) is 7.09. The number of rotatable bonds is 2. The number of fused-ring (bicyclic) bond motifs is 3. The van der Waals surface area contributed by atoms with Gasteiger partial charge in [-0.3, -0.25) is 0 Å². The molecule has 104 valence electrons. The van der Waals surface area contributed by atoms with Crippen LogP contribution in [-0.4, -0.2) is 26.1 Å². The smallest absolute Gasteiger partial charge is 0.167 e. The largest absolute Gasteiger partial charge is 0.411 e. The predicted molar refractivity (Wildman–Crippen MR) is 80.5 cm³/mol.